The Morgan fingerprint density at radius 2 is 2.29 bits per heavy atom. The number of amides is 2. The quantitative estimate of drug-likeness (QED) is 0.929. The van der Waals surface area contributed by atoms with Crippen molar-refractivity contribution in [3.8, 4) is 0 Å². The van der Waals surface area contributed by atoms with Crippen molar-refractivity contribution in [1.82, 2.24) is 0 Å². The molecule has 0 spiro atoms. The van der Waals surface area contributed by atoms with Crippen LogP contribution in [0.3, 0.4) is 0 Å². The number of benzene rings is 1. The van der Waals surface area contributed by atoms with Crippen LogP contribution in [0.25, 0.3) is 0 Å². The molecule has 0 radical (unpaired) electrons. The lowest BCUT2D eigenvalue weighted by atomic mass is 10.2. The predicted octanol–water partition coefficient (Wildman–Crippen LogP) is 2.44. The van der Waals surface area contributed by atoms with Gasteiger partial charge < -0.3 is 15.0 Å². The monoisotopic (exact) mass is 308 g/mol. The third-order valence-corrected chi connectivity index (χ3v) is 4.29. The molecule has 1 heterocycles. The third kappa shape index (κ3) is 2.89. The van der Waals surface area contributed by atoms with E-state index in [0.717, 1.165) is 18.5 Å². The molecule has 2 fully saturated rings. The second kappa shape index (κ2) is 5.66. The zero-order valence-corrected chi connectivity index (χ0v) is 12.5. The van der Waals surface area contributed by atoms with Crippen molar-refractivity contribution < 1.29 is 14.3 Å². The fraction of sp³-hybridized carbons (Fsp3) is 0.467. The zero-order valence-electron chi connectivity index (χ0n) is 11.8. The average Bonchev–Trinajstić information content (AvgIpc) is 3.15. The molecule has 2 atom stereocenters. The molecule has 112 valence electrons. The van der Waals surface area contributed by atoms with Crippen molar-refractivity contribution in [3.05, 3.63) is 23.2 Å². The summed E-state index contributed by atoms with van der Waals surface area (Å²) >= 11 is 6.13. The molecule has 0 aromatic heterocycles. The van der Waals surface area contributed by atoms with Gasteiger partial charge >= 0.3 is 0 Å². The second-order valence-corrected chi connectivity index (χ2v) is 5.83. The van der Waals surface area contributed by atoms with E-state index in [1.165, 1.54) is 0 Å². The highest BCUT2D eigenvalue weighted by atomic mass is 35.5. The maximum Gasteiger partial charge on any atom is 0.230 e. The normalized spacial score (nSPS) is 24.3. The minimum absolute atomic E-state index is 0.00659. The lowest BCUT2D eigenvalue weighted by Gasteiger charge is -2.17. The minimum Gasteiger partial charge on any atom is -0.381 e. The molecule has 0 bridgehead atoms. The molecule has 21 heavy (non-hydrogen) atoms. The Hall–Kier alpha value is -1.59. The molecule has 1 aliphatic carbocycles. The first-order valence-electron chi connectivity index (χ1n) is 7.03. The molecule has 1 aliphatic heterocycles. The number of halogens is 1. The van der Waals surface area contributed by atoms with Gasteiger partial charge in [-0.1, -0.05) is 11.6 Å². The molecule has 0 unspecified atom stereocenters. The van der Waals surface area contributed by atoms with Crippen LogP contribution in [-0.2, 0) is 14.3 Å². The van der Waals surface area contributed by atoms with E-state index in [-0.39, 0.29) is 23.8 Å². The largest absolute Gasteiger partial charge is 0.381 e. The summed E-state index contributed by atoms with van der Waals surface area (Å²) in [5, 5.41) is 3.29. The van der Waals surface area contributed by atoms with Crippen LogP contribution in [0.2, 0.25) is 5.02 Å². The Morgan fingerprint density at radius 1 is 1.48 bits per heavy atom. The highest BCUT2D eigenvalue weighted by Crippen LogP contribution is 2.36. The number of hydrogen-bond donors (Lipinski definition) is 1. The molecular weight excluding hydrogens is 292 g/mol. The van der Waals surface area contributed by atoms with Crippen molar-refractivity contribution >= 4 is 34.8 Å². The minimum atomic E-state index is -0.108. The van der Waals surface area contributed by atoms with Crippen molar-refractivity contribution in [2.24, 2.45) is 5.92 Å². The summed E-state index contributed by atoms with van der Waals surface area (Å²) in [6.45, 7) is 0.711. The van der Waals surface area contributed by atoms with Crippen LogP contribution < -0.4 is 10.2 Å². The molecule has 5 nitrogen and oxygen atoms in total. The van der Waals surface area contributed by atoms with Gasteiger partial charge in [0.05, 0.1) is 22.7 Å². The summed E-state index contributed by atoms with van der Waals surface area (Å²) in [5.41, 5.74) is 1.32. The van der Waals surface area contributed by atoms with Crippen LogP contribution in [0, 0.1) is 5.92 Å². The van der Waals surface area contributed by atoms with E-state index >= 15 is 0 Å². The van der Waals surface area contributed by atoms with Gasteiger partial charge in [-0.3, -0.25) is 9.59 Å². The number of anilines is 2. The van der Waals surface area contributed by atoms with E-state index in [0.29, 0.717) is 23.7 Å². The van der Waals surface area contributed by atoms with E-state index in [1.807, 2.05) is 0 Å². The number of carbonyl (C=O) groups excluding carboxylic acids is 2. The zero-order chi connectivity index (χ0) is 15.0. The van der Waals surface area contributed by atoms with Gasteiger partial charge in [-0.15, -0.1) is 0 Å². The highest BCUT2D eigenvalue weighted by molar-refractivity contribution is 6.34. The van der Waals surface area contributed by atoms with E-state index in [1.54, 1.807) is 30.2 Å². The number of carbonyl (C=O) groups is 2. The summed E-state index contributed by atoms with van der Waals surface area (Å²) in [7, 11) is 1.60. The summed E-state index contributed by atoms with van der Waals surface area (Å²) < 4.78 is 5.14. The van der Waals surface area contributed by atoms with E-state index in [4.69, 9.17) is 16.3 Å². The summed E-state index contributed by atoms with van der Waals surface area (Å²) in [5.74, 6) is -0.0898. The summed E-state index contributed by atoms with van der Waals surface area (Å²) in [6.07, 6.45) is 2.18. The second-order valence-electron chi connectivity index (χ2n) is 5.42. The first-order valence-corrected chi connectivity index (χ1v) is 7.41. The smallest absolute Gasteiger partial charge is 0.230 e. The van der Waals surface area contributed by atoms with Crippen LogP contribution in [0.4, 0.5) is 11.4 Å². The van der Waals surface area contributed by atoms with Gasteiger partial charge in [0.1, 0.15) is 0 Å². The lowest BCUT2D eigenvalue weighted by Crippen LogP contribution is -2.24. The van der Waals surface area contributed by atoms with Crippen LogP contribution >= 0.6 is 11.6 Å². The van der Waals surface area contributed by atoms with Gasteiger partial charge in [-0.2, -0.15) is 0 Å². The average molecular weight is 309 g/mol. The van der Waals surface area contributed by atoms with Crippen molar-refractivity contribution in [3.63, 3.8) is 0 Å². The van der Waals surface area contributed by atoms with Crippen molar-refractivity contribution in [1.29, 1.82) is 0 Å². The van der Waals surface area contributed by atoms with E-state index < -0.39 is 0 Å². The SMILES string of the molecule is CO[C@@H]1C[C@H]1C(=O)Nc1cc(N2CCCC2=O)ccc1Cl. The Balaban J connectivity index is 1.75. The van der Waals surface area contributed by atoms with Gasteiger partial charge in [-0.25, -0.2) is 0 Å². The van der Waals surface area contributed by atoms with Crippen molar-refractivity contribution in [2.45, 2.75) is 25.4 Å². The molecule has 1 saturated carbocycles. The maximum atomic E-state index is 12.1. The molecule has 1 aromatic rings. The predicted molar refractivity (Wildman–Crippen MR) is 80.6 cm³/mol. The number of ether oxygens (including phenoxy) is 1. The Bertz CT molecular complexity index is 590. The number of methoxy groups -OCH3 is 1. The van der Waals surface area contributed by atoms with Gasteiger partial charge in [-0.05, 0) is 31.0 Å². The molecule has 1 saturated heterocycles. The first-order chi connectivity index (χ1) is 10.1. The van der Waals surface area contributed by atoms with Crippen LogP contribution in [0.15, 0.2) is 18.2 Å². The highest BCUT2D eigenvalue weighted by Gasteiger charge is 2.43. The molecule has 1 N–H and O–H groups in total. The Morgan fingerprint density at radius 3 is 2.90 bits per heavy atom. The Kier molecular flexibility index (Phi) is 3.87. The van der Waals surface area contributed by atoms with Gasteiger partial charge in [0, 0.05) is 25.8 Å². The van der Waals surface area contributed by atoms with Crippen LogP contribution in [-0.4, -0.2) is 31.6 Å². The fourth-order valence-electron chi connectivity index (χ4n) is 2.63. The van der Waals surface area contributed by atoms with Gasteiger partial charge in [0.2, 0.25) is 11.8 Å². The maximum absolute atomic E-state index is 12.1. The van der Waals surface area contributed by atoms with E-state index in [9.17, 15) is 9.59 Å². The lowest BCUT2D eigenvalue weighted by molar-refractivity contribution is -0.118. The molecule has 2 aliphatic rings. The standard InChI is InChI=1S/C15H17ClN2O3/c1-21-13-8-10(13)15(20)17-12-7-9(4-5-11(12)16)18-6-2-3-14(18)19/h4-5,7,10,13H,2-3,6,8H2,1H3,(H,17,20)/t10-,13-/m1/s1. The molecule has 2 amide bonds. The molecule has 6 heteroatoms. The summed E-state index contributed by atoms with van der Waals surface area (Å²) in [6, 6.07) is 5.27. The molecule has 1 aromatic carbocycles. The molecule has 3 rings (SSSR count). The van der Waals surface area contributed by atoms with Gasteiger partial charge in [0.25, 0.3) is 0 Å². The summed E-state index contributed by atoms with van der Waals surface area (Å²) in [4.78, 5) is 25.6. The number of nitrogens with zero attached hydrogens (tertiary/aromatic N) is 1. The number of nitrogens with one attached hydrogen (secondary N) is 1. The van der Waals surface area contributed by atoms with E-state index in [2.05, 4.69) is 5.32 Å². The van der Waals surface area contributed by atoms with Crippen LogP contribution in [0.1, 0.15) is 19.3 Å². The number of hydrogen-bond acceptors (Lipinski definition) is 3. The van der Waals surface area contributed by atoms with Crippen molar-refractivity contribution in [2.75, 3.05) is 23.9 Å². The fourth-order valence-corrected chi connectivity index (χ4v) is 2.80. The van der Waals surface area contributed by atoms with Gasteiger partial charge in [0.15, 0.2) is 0 Å². The topological polar surface area (TPSA) is 58.6 Å². The third-order valence-electron chi connectivity index (χ3n) is 3.96. The first kappa shape index (κ1) is 14.4. The van der Waals surface area contributed by atoms with Crippen LogP contribution in [0.5, 0.6) is 0 Å². The number of rotatable bonds is 4. The Labute approximate surface area is 128 Å². The molecular formula is C15H17ClN2O3.